The number of carbonyl (C=O) groups excluding carboxylic acids is 1. The molecular formula is C12H27NO. The summed E-state index contributed by atoms with van der Waals surface area (Å²) in [6.45, 7) is 6.56. The van der Waals surface area contributed by atoms with Gasteiger partial charge < -0.3 is 5.73 Å². The molecule has 0 aliphatic rings. The zero-order valence-corrected chi connectivity index (χ0v) is 10.1. The van der Waals surface area contributed by atoms with Gasteiger partial charge in [-0.05, 0) is 6.42 Å². The number of carbonyl (C=O) groups is 1. The maximum absolute atomic E-state index is 10.1. The van der Waals surface area contributed by atoms with E-state index < -0.39 is 0 Å². The van der Waals surface area contributed by atoms with Gasteiger partial charge >= 0.3 is 0 Å². The Hall–Kier alpha value is -0.530. The van der Waals surface area contributed by atoms with Gasteiger partial charge in [0, 0.05) is 6.42 Å². The lowest BCUT2D eigenvalue weighted by Gasteiger charge is -1.90. The molecule has 0 fully saturated rings. The van der Waals surface area contributed by atoms with Crippen molar-refractivity contribution in [3.05, 3.63) is 0 Å². The fraction of sp³-hybridized carbons (Fsp3) is 0.917. The van der Waals surface area contributed by atoms with Gasteiger partial charge in [0.05, 0.1) is 0 Å². The number of primary amides is 1. The van der Waals surface area contributed by atoms with E-state index >= 15 is 0 Å². The summed E-state index contributed by atoms with van der Waals surface area (Å²) in [5, 5.41) is 0. The lowest BCUT2D eigenvalue weighted by Crippen LogP contribution is -2.09. The van der Waals surface area contributed by atoms with E-state index in [0.29, 0.717) is 6.42 Å². The molecule has 0 spiro atoms. The summed E-state index contributed by atoms with van der Waals surface area (Å²) in [6.07, 6.45) is 9.30. The third-order valence-corrected chi connectivity index (χ3v) is 1.98. The maximum atomic E-state index is 10.1. The summed E-state index contributed by atoms with van der Waals surface area (Å²) >= 11 is 0. The zero-order chi connectivity index (χ0) is 11.2. The standard InChI is InChI=1S/C6H13NO.C6H14/c1-2-3-4-5-6(7)8;1-3-5-6-4-2/h2-5H2,1H3,(H2,7,8);3-6H2,1-2H3. The molecule has 0 aliphatic carbocycles. The number of hydrogen-bond acceptors (Lipinski definition) is 1. The Balaban J connectivity index is 0. The van der Waals surface area contributed by atoms with Crippen LogP contribution in [-0.4, -0.2) is 5.91 Å². The van der Waals surface area contributed by atoms with E-state index in [1.54, 1.807) is 0 Å². The van der Waals surface area contributed by atoms with Crippen LogP contribution >= 0.6 is 0 Å². The highest BCUT2D eigenvalue weighted by Gasteiger charge is 1.90. The number of hydrogen-bond donors (Lipinski definition) is 1. The normalized spacial score (nSPS) is 9.07. The van der Waals surface area contributed by atoms with Crippen LogP contribution in [0, 0.1) is 0 Å². The lowest BCUT2D eigenvalue weighted by atomic mass is 10.2. The van der Waals surface area contributed by atoms with Crippen molar-refractivity contribution in [3.63, 3.8) is 0 Å². The molecule has 0 aromatic carbocycles. The molecule has 0 bridgehead atoms. The van der Waals surface area contributed by atoms with Gasteiger partial charge in [0.15, 0.2) is 0 Å². The number of nitrogens with two attached hydrogens (primary N) is 1. The summed E-state index contributed by atoms with van der Waals surface area (Å²) in [4.78, 5) is 10.1. The van der Waals surface area contributed by atoms with Gasteiger partial charge in [-0.2, -0.15) is 0 Å². The van der Waals surface area contributed by atoms with Crippen LogP contribution in [0.1, 0.15) is 72.1 Å². The molecule has 86 valence electrons. The number of rotatable bonds is 7. The second-order valence-electron chi connectivity index (χ2n) is 3.63. The smallest absolute Gasteiger partial charge is 0.217 e. The van der Waals surface area contributed by atoms with Gasteiger partial charge in [0.2, 0.25) is 5.91 Å². The lowest BCUT2D eigenvalue weighted by molar-refractivity contribution is -0.118. The van der Waals surface area contributed by atoms with Gasteiger partial charge in [-0.1, -0.05) is 59.3 Å². The monoisotopic (exact) mass is 201 g/mol. The fourth-order valence-electron chi connectivity index (χ4n) is 1.05. The molecule has 0 unspecified atom stereocenters. The predicted molar refractivity (Wildman–Crippen MR) is 63.2 cm³/mol. The predicted octanol–water partition coefficient (Wildman–Crippen LogP) is 3.64. The van der Waals surface area contributed by atoms with Crippen LogP contribution in [0.4, 0.5) is 0 Å². The van der Waals surface area contributed by atoms with Crippen LogP contribution in [-0.2, 0) is 4.79 Å². The molecule has 0 atom stereocenters. The summed E-state index contributed by atoms with van der Waals surface area (Å²) in [7, 11) is 0. The fourth-order valence-corrected chi connectivity index (χ4v) is 1.05. The zero-order valence-electron chi connectivity index (χ0n) is 10.1. The average molecular weight is 201 g/mol. The first-order valence-corrected chi connectivity index (χ1v) is 5.97. The minimum Gasteiger partial charge on any atom is -0.370 e. The third-order valence-electron chi connectivity index (χ3n) is 1.98. The minimum absolute atomic E-state index is 0.182. The molecule has 0 heterocycles. The van der Waals surface area contributed by atoms with Crippen molar-refractivity contribution in [1.29, 1.82) is 0 Å². The van der Waals surface area contributed by atoms with E-state index in [9.17, 15) is 4.79 Å². The van der Waals surface area contributed by atoms with Crippen molar-refractivity contribution in [1.82, 2.24) is 0 Å². The van der Waals surface area contributed by atoms with Crippen molar-refractivity contribution in [3.8, 4) is 0 Å². The first kappa shape index (κ1) is 15.9. The highest BCUT2D eigenvalue weighted by molar-refractivity contribution is 5.73. The molecule has 2 N–H and O–H groups in total. The Kier molecular flexibility index (Phi) is 17.0. The van der Waals surface area contributed by atoms with E-state index in [4.69, 9.17) is 5.73 Å². The van der Waals surface area contributed by atoms with Crippen LogP contribution < -0.4 is 5.73 Å². The largest absolute Gasteiger partial charge is 0.370 e. The van der Waals surface area contributed by atoms with Crippen molar-refractivity contribution >= 4 is 5.91 Å². The molecule has 0 aromatic heterocycles. The Morgan fingerprint density at radius 3 is 1.50 bits per heavy atom. The SMILES string of the molecule is CCCCCC.CCCCCC(N)=O. The molecule has 2 nitrogen and oxygen atoms in total. The first-order valence-electron chi connectivity index (χ1n) is 5.97. The molecule has 0 saturated carbocycles. The van der Waals surface area contributed by atoms with Crippen LogP contribution in [0.5, 0.6) is 0 Å². The Morgan fingerprint density at radius 2 is 1.21 bits per heavy atom. The topological polar surface area (TPSA) is 43.1 Å². The Morgan fingerprint density at radius 1 is 0.857 bits per heavy atom. The minimum atomic E-state index is -0.182. The van der Waals surface area contributed by atoms with Crippen molar-refractivity contribution < 1.29 is 4.79 Å². The first-order chi connectivity index (χ1) is 6.68. The third kappa shape index (κ3) is 22.5. The van der Waals surface area contributed by atoms with Crippen LogP contribution in [0.3, 0.4) is 0 Å². The summed E-state index contributed by atoms with van der Waals surface area (Å²) in [5.74, 6) is -0.182. The number of amides is 1. The van der Waals surface area contributed by atoms with Gasteiger partial charge in [-0.15, -0.1) is 0 Å². The van der Waals surface area contributed by atoms with Crippen molar-refractivity contribution in [2.45, 2.75) is 72.1 Å². The Labute approximate surface area is 89.3 Å². The molecule has 1 amide bonds. The van der Waals surface area contributed by atoms with Gasteiger partial charge in [-0.25, -0.2) is 0 Å². The van der Waals surface area contributed by atoms with Crippen LogP contribution in [0.15, 0.2) is 0 Å². The molecule has 0 rings (SSSR count). The second-order valence-corrected chi connectivity index (χ2v) is 3.63. The van der Waals surface area contributed by atoms with Crippen LogP contribution in [0.2, 0.25) is 0 Å². The second kappa shape index (κ2) is 15.0. The van der Waals surface area contributed by atoms with E-state index in [2.05, 4.69) is 20.8 Å². The van der Waals surface area contributed by atoms with E-state index in [0.717, 1.165) is 19.3 Å². The quantitative estimate of drug-likeness (QED) is 0.628. The molecule has 14 heavy (non-hydrogen) atoms. The average Bonchev–Trinajstić information content (AvgIpc) is 2.16. The summed E-state index contributed by atoms with van der Waals surface area (Å²) < 4.78 is 0. The Bertz CT molecular complexity index is 109. The molecule has 0 radical (unpaired) electrons. The molecule has 0 aliphatic heterocycles. The van der Waals surface area contributed by atoms with Crippen LogP contribution in [0.25, 0.3) is 0 Å². The molecule has 0 aromatic rings. The number of unbranched alkanes of at least 4 members (excludes halogenated alkanes) is 5. The van der Waals surface area contributed by atoms with E-state index in [1.807, 2.05) is 0 Å². The van der Waals surface area contributed by atoms with Gasteiger partial charge in [-0.3, -0.25) is 4.79 Å². The van der Waals surface area contributed by atoms with E-state index in [1.165, 1.54) is 25.7 Å². The summed E-state index contributed by atoms with van der Waals surface area (Å²) in [5.41, 5.74) is 4.89. The van der Waals surface area contributed by atoms with E-state index in [-0.39, 0.29) is 5.91 Å². The van der Waals surface area contributed by atoms with Crippen molar-refractivity contribution in [2.24, 2.45) is 5.73 Å². The molecule has 0 saturated heterocycles. The van der Waals surface area contributed by atoms with Gasteiger partial charge in [0.1, 0.15) is 0 Å². The maximum Gasteiger partial charge on any atom is 0.217 e. The van der Waals surface area contributed by atoms with Crippen molar-refractivity contribution in [2.75, 3.05) is 0 Å². The molecule has 2 heteroatoms. The summed E-state index contributed by atoms with van der Waals surface area (Å²) in [6, 6.07) is 0. The highest BCUT2D eigenvalue weighted by Crippen LogP contribution is 1.96. The highest BCUT2D eigenvalue weighted by atomic mass is 16.1. The van der Waals surface area contributed by atoms with Gasteiger partial charge in [0.25, 0.3) is 0 Å². The molecular weight excluding hydrogens is 174 g/mol.